The maximum absolute atomic E-state index is 13.0. The van der Waals surface area contributed by atoms with Crippen molar-refractivity contribution in [1.82, 2.24) is 4.72 Å². The highest BCUT2D eigenvalue weighted by atomic mass is 32.2. The van der Waals surface area contributed by atoms with Crippen molar-refractivity contribution in [2.45, 2.75) is 11.3 Å². The molecule has 0 amide bonds. The summed E-state index contributed by atoms with van der Waals surface area (Å²) < 4.78 is 45.0. The predicted octanol–water partition coefficient (Wildman–Crippen LogP) is 2.36. The molecule has 2 aromatic rings. The zero-order valence-corrected chi connectivity index (χ0v) is 12.4. The van der Waals surface area contributed by atoms with Crippen molar-refractivity contribution >= 4 is 10.0 Å². The van der Waals surface area contributed by atoms with E-state index >= 15 is 0 Å². The van der Waals surface area contributed by atoms with Crippen molar-refractivity contribution in [3.8, 4) is 5.75 Å². The molecule has 0 heterocycles. The molecular formula is C15H16FNO3S. The zero-order valence-electron chi connectivity index (χ0n) is 11.5. The fraction of sp³-hybridized carbons (Fsp3) is 0.200. The van der Waals surface area contributed by atoms with Crippen molar-refractivity contribution < 1.29 is 17.5 Å². The van der Waals surface area contributed by atoms with Crippen LogP contribution in [0.1, 0.15) is 5.56 Å². The molecule has 2 rings (SSSR count). The first kappa shape index (κ1) is 15.5. The Bertz CT molecular complexity index is 716. The van der Waals surface area contributed by atoms with Gasteiger partial charge in [0, 0.05) is 6.54 Å². The molecule has 0 bridgehead atoms. The number of benzene rings is 2. The van der Waals surface area contributed by atoms with Gasteiger partial charge in [-0.05, 0) is 36.2 Å². The Morgan fingerprint density at radius 1 is 1.14 bits per heavy atom. The van der Waals surface area contributed by atoms with E-state index in [4.69, 9.17) is 4.74 Å². The van der Waals surface area contributed by atoms with Crippen molar-refractivity contribution in [3.05, 3.63) is 59.9 Å². The van der Waals surface area contributed by atoms with Crippen LogP contribution in [-0.2, 0) is 16.4 Å². The molecule has 0 spiro atoms. The van der Waals surface area contributed by atoms with Gasteiger partial charge in [0.15, 0.2) is 0 Å². The number of methoxy groups -OCH3 is 1. The van der Waals surface area contributed by atoms with Gasteiger partial charge < -0.3 is 4.74 Å². The Kier molecular flexibility index (Phi) is 4.93. The van der Waals surface area contributed by atoms with Crippen molar-refractivity contribution in [1.29, 1.82) is 0 Å². The standard InChI is InChI=1S/C15H16FNO3S/c1-20-14-7-2-3-8-15(14)21(18,19)17-10-9-12-5-4-6-13(16)11-12/h2-8,11,17H,9-10H2,1H3. The lowest BCUT2D eigenvalue weighted by atomic mass is 10.1. The van der Waals surface area contributed by atoms with E-state index in [1.54, 1.807) is 30.3 Å². The summed E-state index contributed by atoms with van der Waals surface area (Å²) in [5, 5.41) is 0. The number of rotatable bonds is 6. The van der Waals surface area contributed by atoms with Crippen LogP contribution in [0.2, 0.25) is 0 Å². The van der Waals surface area contributed by atoms with Crippen LogP contribution >= 0.6 is 0 Å². The van der Waals surface area contributed by atoms with Crippen molar-refractivity contribution in [2.75, 3.05) is 13.7 Å². The molecule has 1 N–H and O–H groups in total. The van der Waals surface area contributed by atoms with Gasteiger partial charge >= 0.3 is 0 Å². The quantitative estimate of drug-likeness (QED) is 0.891. The van der Waals surface area contributed by atoms with Gasteiger partial charge in [-0.25, -0.2) is 17.5 Å². The van der Waals surface area contributed by atoms with E-state index < -0.39 is 10.0 Å². The normalized spacial score (nSPS) is 11.3. The second-order valence-corrected chi connectivity index (χ2v) is 6.16. The molecule has 112 valence electrons. The highest BCUT2D eigenvalue weighted by Crippen LogP contribution is 2.22. The topological polar surface area (TPSA) is 55.4 Å². The Hall–Kier alpha value is -1.92. The lowest BCUT2D eigenvalue weighted by Crippen LogP contribution is -2.26. The molecule has 0 aliphatic carbocycles. The first-order chi connectivity index (χ1) is 10.0. The molecule has 0 saturated heterocycles. The van der Waals surface area contributed by atoms with Crippen LogP contribution in [0, 0.1) is 5.82 Å². The van der Waals surface area contributed by atoms with Gasteiger partial charge in [-0.3, -0.25) is 0 Å². The minimum Gasteiger partial charge on any atom is -0.495 e. The summed E-state index contributed by atoms with van der Waals surface area (Å²) in [5.74, 6) is -0.0455. The number of hydrogen-bond acceptors (Lipinski definition) is 3. The van der Waals surface area contributed by atoms with E-state index in [0.717, 1.165) is 5.56 Å². The molecule has 0 aliphatic rings. The molecule has 0 atom stereocenters. The van der Waals surface area contributed by atoms with Crippen LogP contribution in [0.15, 0.2) is 53.4 Å². The van der Waals surface area contributed by atoms with Gasteiger partial charge in [-0.1, -0.05) is 24.3 Å². The zero-order chi connectivity index (χ0) is 15.3. The molecule has 0 radical (unpaired) electrons. The number of para-hydroxylation sites is 1. The molecule has 0 unspecified atom stereocenters. The number of halogens is 1. The maximum atomic E-state index is 13.0. The first-order valence-electron chi connectivity index (χ1n) is 6.40. The summed E-state index contributed by atoms with van der Waals surface area (Å²) in [5.41, 5.74) is 0.734. The molecule has 2 aromatic carbocycles. The van der Waals surface area contributed by atoms with Crippen LogP contribution in [0.3, 0.4) is 0 Å². The highest BCUT2D eigenvalue weighted by molar-refractivity contribution is 7.89. The third kappa shape index (κ3) is 4.03. The lowest BCUT2D eigenvalue weighted by Gasteiger charge is -2.10. The fourth-order valence-corrected chi connectivity index (χ4v) is 3.14. The number of ether oxygens (including phenoxy) is 1. The van der Waals surface area contributed by atoms with E-state index in [0.29, 0.717) is 6.42 Å². The van der Waals surface area contributed by atoms with Crippen molar-refractivity contribution in [3.63, 3.8) is 0 Å². The van der Waals surface area contributed by atoms with Gasteiger partial charge in [-0.15, -0.1) is 0 Å². The second kappa shape index (κ2) is 6.69. The summed E-state index contributed by atoms with van der Waals surface area (Å²) >= 11 is 0. The van der Waals surface area contributed by atoms with Gasteiger partial charge in [0.2, 0.25) is 10.0 Å². The van der Waals surface area contributed by atoms with Crippen LogP contribution in [0.25, 0.3) is 0 Å². The molecule has 0 saturated carbocycles. The van der Waals surface area contributed by atoms with Crippen LogP contribution in [0.4, 0.5) is 4.39 Å². The average molecular weight is 309 g/mol. The Labute approximate surface area is 123 Å². The van der Waals surface area contributed by atoms with Gasteiger partial charge in [0.05, 0.1) is 7.11 Å². The number of sulfonamides is 1. The van der Waals surface area contributed by atoms with E-state index in [1.165, 1.54) is 25.3 Å². The third-order valence-corrected chi connectivity index (χ3v) is 4.45. The van der Waals surface area contributed by atoms with Gasteiger partial charge in [-0.2, -0.15) is 0 Å². The van der Waals surface area contributed by atoms with Gasteiger partial charge in [0.1, 0.15) is 16.5 Å². The number of nitrogens with one attached hydrogen (secondary N) is 1. The molecule has 0 aliphatic heterocycles. The molecule has 0 aromatic heterocycles. The molecular weight excluding hydrogens is 293 g/mol. The average Bonchev–Trinajstić information content (AvgIpc) is 2.47. The summed E-state index contributed by atoms with van der Waals surface area (Å²) in [4.78, 5) is 0.0896. The largest absolute Gasteiger partial charge is 0.495 e. The van der Waals surface area contributed by atoms with E-state index in [2.05, 4.69) is 4.72 Å². The second-order valence-electron chi connectivity index (χ2n) is 4.43. The third-order valence-electron chi connectivity index (χ3n) is 2.95. The lowest BCUT2D eigenvalue weighted by molar-refractivity contribution is 0.402. The Balaban J connectivity index is 2.05. The monoisotopic (exact) mass is 309 g/mol. The SMILES string of the molecule is COc1ccccc1S(=O)(=O)NCCc1cccc(F)c1. The van der Waals surface area contributed by atoms with E-state index in [9.17, 15) is 12.8 Å². The fourth-order valence-electron chi connectivity index (χ4n) is 1.94. The maximum Gasteiger partial charge on any atom is 0.244 e. The van der Waals surface area contributed by atoms with Gasteiger partial charge in [0.25, 0.3) is 0 Å². The molecule has 4 nitrogen and oxygen atoms in total. The predicted molar refractivity (Wildman–Crippen MR) is 78.3 cm³/mol. The van der Waals surface area contributed by atoms with Crippen LogP contribution in [0.5, 0.6) is 5.75 Å². The Morgan fingerprint density at radius 3 is 2.62 bits per heavy atom. The molecule has 0 fully saturated rings. The summed E-state index contributed by atoms with van der Waals surface area (Å²) in [6, 6.07) is 12.5. The van der Waals surface area contributed by atoms with Crippen LogP contribution in [-0.4, -0.2) is 22.1 Å². The van der Waals surface area contributed by atoms with E-state index in [-0.39, 0.29) is 23.0 Å². The molecule has 21 heavy (non-hydrogen) atoms. The van der Waals surface area contributed by atoms with Crippen molar-refractivity contribution in [2.24, 2.45) is 0 Å². The highest BCUT2D eigenvalue weighted by Gasteiger charge is 2.18. The first-order valence-corrected chi connectivity index (χ1v) is 7.88. The summed E-state index contributed by atoms with van der Waals surface area (Å²) in [7, 11) is -2.23. The summed E-state index contributed by atoms with van der Waals surface area (Å²) in [6.45, 7) is 0.184. The minimum absolute atomic E-state index is 0.0896. The van der Waals surface area contributed by atoms with E-state index in [1.807, 2.05) is 0 Å². The Morgan fingerprint density at radius 2 is 1.90 bits per heavy atom. The van der Waals surface area contributed by atoms with Crippen LogP contribution < -0.4 is 9.46 Å². The summed E-state index contributed by atoms with van der Waals surface area (Å²) in [6.07, 6.45) is 0.409. The smallest absolute Gasteiger partial charge is 0.244 e. The molecule has 6 heteroatoms. The minimum atomic E-state index is -3.65. The number of hydrogen-bond donors (Lipinski definition) is 1.